The number of fused-ring (bicyclic) bond motifs is 1. The van der Waals surface area contributed by atoms with E-state index in [1.807, 2.05) is 39.0 Å². The van der Waals surface area contributed by atoms with Gasteiger partial charge in [-0.15, -0.1) is 0 Å². The van der Waals surface area contributed by atoms with Crippen LogP contribution in [-0.2, 0) is 11.2 Å². The van der Waals surface area contributed by atoms with E-state index in [0.717, 1.165) is 18.7 Å². The van der Waals surface area contributed by atoms with E-state index < -0.39 is 5.60 Å². The minimum Gasteiger partial charge on any atom is -0.456 e. The number of ether oxygens (including phenoxy) is 1. The maximum Gasteiger partial charge on any atom is 0.340 e. The van der Waals surface area contributed by atoms with Crippen molar-refractivity contribution in [2.24, 2.45) is 0 Å². The molecule has 0 saturated carbocycles. The number of nitrogen functional groups attached to an aromatic ring is 1. The summed E-state index contributed by atoms with van der Waals surface area (Å²) in [7, 11) is 0. The van der Waals surface area contributed by atoms with E-state index in [1.165, 1.54) is 11.3 Å². The number of para-hydroxylation sites is 1. The van der Waals surface area contributed by atoms with Gasteiger partial charge in [-0.1, -0.05) is 18.2 Å². The van der Waals surface area contributed by atoms with Crippen molar-refractivity contribution in [1.29, 1.82) is 0 Å². The maximum absolute atomic E-state index is 12.2. The van der Waals surface area contributed by atoms with Gasteiger partial charge in [-0.2, -0.15) is 0 Å². The highest BCUT2D eigenvalue weighted by molar-refractivity contribution is 5.96. The van der Waals surface area contributed by atoms with Crippen LogP contribution in [0.3, 0.4) is 0 Å². The normalized spacial score (nSPS) is 13.8. The number of anilines is 3. The zero-order chi connectivity index (χ0) is 16.6. The third-order valence-corrected chi connectivity index (χ3v) is 3.85. The first-order valence-corrected chi connectivity index (χ1v) is 7.83. The SMILES string of the molecule is CC(C)(C)OC(=O)c1ccc(N2CCc3ccccc32)cc1N. The predicted octanol–water partition coefficient (Wildman–Crippen LogP) is 3.92. The molecule has 0 bridgehead atoms. The second-order valence-electron chi connectivity index (χ2n) is 6.80. The van der Waals surface area contributed by atoms with Crippen molar-refractivity contribution in [1.82, 2.24) is 0 Å². The molecule has 0 saturated heterocycles. The Balaban J connectivity index is 1.88. The number of carbonyl (C=O) groups is 1. The number of esters is 1. The number of carbonyl (C=O) groups excluding carboxylic acids is 1. The van der Waals surface area contributed by atoms with Gasteiger partial charge in [0.1, 0.15) is 5.60 Å². The van der Waals surface area contributed by atoms with Crippen LogP contribution in [0, 0.1) is 0 Å². The second kappa shape index (κ2) is 5.61. The summed E-state index contributed by atoms with van der Waals surface area (Å²) in [6.45, 7) is 6.45. The summed E-state index contributed by atoms with van der Waals surface area (Å²) >= 11 is 0. The summed E-state index contributed by atoms with van der Waals surface area (Å²) in [4.78, 5) is 14.4. The van der Waals surface area contributed by atoms with Gasteiger partial charge in [-0.3, -0.25) is 0 Å². The van der Waals surface area contributed by atoms with E-state index in [2.05, 4.69) is 23.1 Å². The Morgan fingerprint density at radius 1 is 1.17 bits per heavy atom. The van der Waals surface area contributed by atoms with Crippen LogP contribution in [0.2, 0.25) is 0 Å². The molecule has 1 aliphatic heterocycles. The summed E-state index contributed by atoms with van der Waals surface area (Å²) in [5, 5.41) is 0. The van der Waals surface area contributed by atoms with Crippen molar-refractivity contribution in [3.8, 4) is 0 Å². The lowest BCUT2D eigenvalue weighted by molar-refractivity contribution is 0.00708. The molecule has 23 heavy (non-hydrogen) atoms. The number of nitrogens with zero attached hydrogens (tertiary/aromatic N) is 1. The molecular weight excluding hydrogens is 288 g/mol. The van der Waals surface area contributed by atoms with Crippen LogP contribution in [0.5, 0.6) is 0 Å². The minimum absolute atomic E-state index is 0.386. The van der Waals surface area contributed by atoms with E-state index in [4.69, 9.17) is 10.5 Å². The predicted molar refractivity (Wildman–Crippen MR) is 93.2 cm³/mol. The van der Waals surface area contributed by atoms with E-state index >= 15 is 0 Å². The van der Waals surface area contributed by atoms with Crippen LogP contribution in [0.1, 0.15) is 36.7 Å². The molecule has 0 atom stereocenters. The van der Waals surface area contributed by atoms with Gasteiger partial charge < -0.3 is 15.4 Å². The average Bonchev–Trinajstić information content (AvgIpc) is 2.89. The number of rotatable bonds is 2. The molecule has 0 radical (unpaired) electrons. The molecule has 0 unspecified atom stereocenters. The Kier molecular flexibility index (Phi) is 3.76. The van der Waals surface area contributed by atoms with Crippen LogP contribution >= 0.6 is 0 Å². The van der Waals surface area contributed by atoms with Gasteiger partial charge in [0, 0.05) is 23.6 Å². The standard InChI is InChI=1S/C19H22N2O2/c1-19(2,3)23-18(22)15-9-8-14(12-16(15)20)21-11-10-13-6-4-5-7-17(13)21/h4-9,12H,10-11,20H2,1-3H3. The first-order valence-electron chi connectivity index (χ1n) is 7.83. The van der Waals surface area contributed by atoms with Gasteiger partial charge in [0.25, 0.3) is 0 Å². The van der Waals surface area contributed by atoms with Gasteiger partial charge in [-0.05, 0) is 57.0 Å². The molecule has 1 heterocycles. The summed E-state index contributed by atoms with van der Waals surface area (Å²) in [6.07, 6.45) is 1.02. The monoisotopic (exact) mass is 310 g/mol. The van der Waals surface area contributed by atoms with Crippen molar-refractivity contribution >= 4 is 23.0 Å². The lowest BCUT2D eigenvalue weighted by Gasteiger charge is -2.22. The molecule has 2 N–H and O–H groups in total. The van der Waals surface area contributed by atoms with Gasteiger partial charge in [0.2, 0.25) is 0 Å². The van der Waals surface area contributed by atoms with Crippen LogP contribution in [0.15, 0.2) is 42.5 Å². The maximum atomic E-state index is 12.2. The quantitative estimate of drug-likeness (QED) is 0.675. The average molecular weight is 310 g/mol. The summed E-state index contributed by atoms with van der Waals surface area (Å²) in [5.74, 6) is -0.386. The van der Waals surface area contributed by atoms with Gasteiger partial charge >= 0.3 is 5.97 Å². The molecule has 2 aromatic rings. The number of hydrogen-bond acceptors (Lipinski definition) is 4. The lowest BCUT2D eigenvalue weighted by atomic mass is 10.1. The molecule has 120 valence electrons. The highest BCUT2D eigenvalue weighted by Gasteiger charge is 2.23. The topological polar surface area (TPSA) is 55.6 Å². The lowest BCUT2D eigenvalue weighted by Crippen LogP contribution is -2.24. The molecule has 4 nitrogen and oxygen atoms in total. The molecule has 1 aliphatic rings. The molecular formula is C19H22N2O2. The largest absolute Gasteiger partial charge is 0.456 e. The van der Waals surface area contributed by atoms with E-state index in [0.29, 0.717) is 11.3 Å². The van der Waals surface area contributed by atoms with E-state index in [9.17, 15) is 4.79 Å². The Morgan fingerprint density at radius 2 is 1.91 bits per heavy atom. The summed E-state index contributed by atoms with van der Waals surface area (Å²) < 4.78 is 5.39. The first-order chi connectivity index (χ1) is 10.8. The van der Waals surface area contributed by atoms with Crippen LogP contribution in [0.25, 0.3) is 0 Å². The fourth-order valence-electron chi connectivity index (χ4n) is 2.84. The zero-order valence-corrected chi connectivity index (χ0v) is 13.8. The fourth-order valence-corrected chi connectivity index (χ4v) is 2.84. The Bertz CT molecular complexity index is 747. The van der Waals surface area contributed by atoms with Gasteiger partial charge in [-0.25, -0.2) is 4.79 Å². The molecule has 0 aromatic heterocycles. The van der Waals surface area contributed by atoms with Crippen LogP contribution in [0.4, 0.5) is 17.1 Å². The molecule has 0 spiro atoms. The van der Waals surface area contributed by atoms with Crippen molar-refractivity contribution in [3.63, 3.8) is 0 Å². The summed E-state index contributed by atoms with van der Waals surface area (Å²) in [6, 6.07) is 13.9. The molecule has 0 aliphatic carbocycles. The number of nitrogens with two attached hydrogens (primary N) is 1. The van der Waals surface area contributed by atoms with E-state index in [-0.39, 0.29) is 5.97 Å². The smallest absolute Gasteiger partial charge is 0.340 e. The van der Waals surface area contributed by atoms with Gasteiger partial charge in [0.05, 0.1) is 5.56 Å². The molecule has 0 amide bonds. The first kappa shape index (κ1) is 15.4. The van der Waals surface area contributed by atoms with Crippen LogP contribution < -0.4 is 10.6 Å². The Morgan fingerprint density at radius 3 is 2.61 bits per heavy atom. The minimum atomic E-state index is -0.532. The zero-order valence-electron chi connectivity index (χ0n) is 13.8. The van der Waals surface area contributed by atoms with Crippen molar-refractivity contribution < 1.29 is 9.53 Å². The van der Waals surface area contributed by atoms with Crippen molar-refractivity contribution in [3.05, 3.63) is 53.6 Å². The van der Waals surface area contributed by atoms with Crippen molar-refractivity contribution in [2.45, 2.75) is 32.8 Å². The number of benzene rings is 2. The highest BCUT2D eigenvalue weighted by atomic mass is 16.6. The Labute approximate surface area is 136 Å². The third kappa shape index (κ3) is 3.16. The second-order valence-corrected chi connectivity index (χ2v) is 6.80. The third-order valence-electron chi connectivity index (χ3n) is 3.85. The van der Waals surface area contributed by atoms with Crippen molar-refractivity contribution in [2.75, 3.05) is 17.2 Å². The van der Waals surface area contributed by atoms with Crippen LogP contribution in [-0.4, -0.2) is 18.1 Å². The molecule has 4 heteroatoms. The molecule has 2 aromatic carbocycles. The number of hydrogen-bond donors (Lipinski definition) is 1. The molecule has 0 fully saturated rings. The Hall–Kier alpha value is -2.49. The molecule has 3 rings (SSSR count). The highest BCUT2D eigenvalue weighted by Crippen LogP contribution is 2.35. The fraction of sp³-hybridized carbons (Fsp3) is 0.316. The van der Waals surface area contributed by atoms with Gasteiger partial charge in [0.15, 0.2) is 0 Å². The summed E-state index contributed by atoms with van der Waals surface area (Å²) in [5.41, 5.74) is 9.97. The van der Waals surface area contributed by atoms with E-state index in [1.54, 1.807) is 6.07 Å².